The van der Waals surface area contributed by atoms with Crippen LogP contribution in [-0.4, -0.2) is 10.7 Å². The Kier molecular flexibility index (Phi) is 3.78. The third-order valence-electron chi connectivity index (χ3n) is 3.11. The van der Waals surface area contributed by atoms with Crippen molar-refractivity contribution < 1.29 is 5.11 Å². The van der Waals surface area contributed by atoms with Crippen molar-refractivity contribution in [3.05, 3.63) is 0 Å². The van der Waals surface area contributed by atoms with Gasteiger partial charge >= 0.3 is 0 Å². The Hall–Kier alpha value is -0.0400. The average molecular weight is 184 g/mol. The molecule has 0 saturated heterocycles. The molecule has 78 valence electrons. The highest BCUT2D eigenvalue weighted by Gasteiger charge is 2.27. The molecule has 0 aromatic rings. The molecule has 1 aliphatic carbocycles. The van der Waals surface area contributed by atoms with Gasteiger partial charge in [-0.25, -0.2) is 0 Å². The Morgan fingerprint density at radius 2 is 2.08 bits per heavy atom. The van der Waals surface area contributed by atoms with Crippen LogP contribution in [0.2, 0.25) is 0 Å². The molecule has 0 aromatic heterocycles. The summed E-state index contributed by atoms with van der Waals surface area (Å²) in [4.78, 5) is 0. The van der Waals surface area contributed by atoms with Crippen LogP contribution in [0.1, 0.15) is 59.3 Å². The van der Waals surface area contributed by atoms with Crippen molar-refractivity contribution in [1.82, 2.24) is 0 Å². The zero-order valence-electron chi connectivity index (χ0n) is 9.34. The maximum Gasteiger partial charge on any atom is 0.0622 e. The highest BCUT2D eigenvalue weighted by Crippen LogP contribution is 2.33. The molecule has 2 atom stereocenters. The molecule has 1 rings (SSSR count). The SMILES string of the molecule is CC(C)CC1CCCCC(C)(O)C1. The van der Waals surface area contributed by atoms with Crippen LogP contribution in [-0.2, 0) is 0 Å². The molecule has 0 spiro atoms. The quantitative estimate of drug-likeness (QED) is 0.652. The van der Waals surface area contributed by atoms with Crippen LogP contribution in [0.15, 0.2) is 0 Å². The highest BCUT2D eigenvalue weighted by molar-refractivity contribution is 4.80. The van der Waals surface area contributed by atoms with Crippen LogP contribution in [0.3, 0.4) is 0 Å². The Morgan fingerprint density at radius 1 is 1.38 bits per heavy atom. The lowest BCUT2D eigenvalue weighted by Gasteiger charge is -2.26. The Labute approximate surface area is 82.5 Å². The van der Waals surface area contributed by atoms with E-state index in [1.807, 2.05) is 6.92 Å². The molecule has 2 unspecified atom stereocenters. The summed E-state index contributed by atoms with van der Waals surface area (Å²) in [5.74, 6) is 1.54. The van der Waals surface area contributed by atoms with Gasteiger partial charge in [0.25, 0.3) is 0 Å². The van der Waals surface area contributed by atoms with E-state index in [1.54, 1.807) is 0 Å². The molecule has 13 heavy (non-hydrogen) atoms. The first kappa shape index (κ1) is 11.0. The molecule has 1 saturated carbocycles. The van der Waals surface area contributed by atoms with Gasteiger partial charge in [0.05, 0.1) is 5.60 Å². The van der Waals surface area contributed by atoms with Crippen LogP contribution in [0.5, 0.6) is 0 Å². The molecule has 0 radical (unpaired) electrons. The molecule has 1 N–H and O–H groups in total. The minimum Gasteiger partial charge on any atom is -0.390 e. The molecular formula is C12H24O. The predicted octanol–water partition coefficient (Wildman–Crippen LogP) is 3.36. The molecule has 1 aliphatic rings. The summed E-state index contributed by atoms with van der Waals surface area (Å²) < 4.78 is 0. The van der Waals surface area contributed by atoms with Crippen LogP contribution >= 0.6 is 0 Å². The van der Waals surface area contributed by atoms with Crippen molar-refractivity contribution in [2.75, 3.05) is 0 Å². The van der Waals surface area contributed by atoms with Crippen molar-refractivity contribution in [2.45, 2.75) is 64.9 Å². The van der Waals surface area contributed by atoms with Gasteiger partial charge in [0.2, 0.25) is 0 Å². The highest BCUT2D eigenvalue weighted by atomic mass is 16.3. The van der Waals surface area contributed by atoms with Gasteiger partial charge in [-0.05, 0) is 38.0 Å². The zero-order chi connectivity index (χ0) is 9.90. The van der Waals surface area contributed by atoms with Gasteiger partial charge < -0.3 is 5.11 Å². The summed E-state index contributed by atoms with van der Waals surface area (Å²) in [6.45, 7) is 6.56. The number of hydrogen-bond acceptors (Lipinski definition) is 1. The lowest BCUT2D eigenvalue weighted by Crippen LogP contribution is -2.26. The third-order valence-corrected chi connectivity index (χ3v) is 3.11. The first-order valence-electron chi connectivity index (χ1n) is 5.72. The lowest BCUT2D eigenvalue weighted by molar-refractivity contribution is 0.0293. The van der Waals surface area contributed by atoms with Crippen molar-refractivity contribution >= 4 is 0 Å². The normalized spacial score (nSPS) is 36.2. The first-order valence-corrected chi connectivity index (χ1v) is 5.72. The smallest absolute Gasteiger partial charge is 0.0622 e. The number of rotatable bonds is 2. The number of aliphatic hydroxyl groups is 1. The fourth-order valence-corrected chi connectivity index (χ4v) is 2.63. The van der Waals surface area contributed by atoms with Gasteiger partial charge in [-0.3, -0.25) is 0 Å². The minimum absolute atomic E-state index is 0.379. The van der Waals surface area contributed by atoms with E-state index < -0.39 is 0 Å². The minimum atomic E-state index is -0.379. The van der Waals surface area contributed by atoms with Gasteiger partial charge in [0.15, 0.2) is 0 Å². The van der Waals surface area contributed by atoms with E-state index in [2.05, 4.69) is 13.8 Å². The van der Waals surface area contributed by atoms with E-state index in [1.165, 1.54) is 25.7 Å². The standard InChI is InChI=1S/C12H24O/c1-10(2)8-11-6-4-5-7-12(3,13)9-11/h10-11,13H,4-9H2,1-3H3. The van der Waals surface area contributed by atoms with E-state index in [-0.39, 0.29) is 5.60 Å². The zero-order valence-corrected chi connectivity index (χ0v) is 9.34. The third kappa shape index (κ3) is 4.12. The summed E-state index contributed by atoms with van der Waals surface area (Å²) in [7, 11) is 0. The van der Waals surface area contributed by atoms with Gasteiger partial charge in [0.1, 0.15) is 0 Å². The summed E-state index contributed by atoms with van der Waals surface area (Å²) in [6, 6.07) is 0. The van der Waals surface area contributed by atoms with Crippen LogP contribution in [0, 0.1) is 11.8 Å². The topological polar surface area (TPSA) is 20.2 Å². The largest absolute Gasteiger partial charge is 0.390 e. The van der Waals surface area contributed by atoms with Gasteiger partial charge in [-0.2, -0.15) is 0 Å². The second-order valence-corrected chi connectivity index (χ2v) is 5.44. The average Bonchev–Trinajstić information content (AvgIpc) is 2.09. The summed E-state index contributed by atoms with van der Waals surface area (Å²) in [6.07, 6.45) is 7.16. The second-order valence-electron chi connectivity index (χ2n) is 5.44. The molecule has 0 bridgehead atoms. The molecule has 1 heteroatoms. The predicted molar refractivity (Wildman–Crippen MR) is 56.7 cm³/mol. The van der Waals surface area contributed by atoms with Crippen LogP contribution in [0.25, 0.3) is 0 Å². The van der Waals surface area contributed by atoms with E-state index in [9.17, 15) is 5.11 Å². The number of hydrogen-bond donors (Lipinski definition) is 1. The Balaban J connectivity index is 2.45. The molecular weight excluding hydrogens is 160 g/mol. The van der Waals surface area contributed by atoms with E-state index in [0.717, 1.165) is 24.7 Å². The monoisotopic (exact) mass is 184 g/mol. The maximum absolute atomic E-state index is 10.0. The molecule has 0 aromatic carbocycles. The molecule has 0 aliphatic heterocycles. The van der Waals surface area contributed by atoms with Crippen molar-refractivity contribution in [3.8, 4) is 0 Å². The van der Waals surface area contributed by atoms with Crippen LogP contribution < -0.4 is 0 Å². The van der Waals surface area contributed by atoms with Gasteiger partial charge in [0, 0.05) is 0 Å². The molecule has 1 fully saturated rings. The van der Waals surface area contributed by atoms with Crippen molar-refractivity contribution in [3.63, 3.8) is 0 Å². The molecule has 0 amide bonds. The summed E-state index contributed by atoms with van der Waals surface area (Å²) in [5.41, 5.74) is -0.379. The molecule has 0 heterocycles. The second kappa shape index (κ2) is 4.45. The Morgan fingerprint density at radius 3 is 2.69 bits per heavy atom. The first-order chi connectivity index (χ1) is 5.99. The summed E-state index contributed by atoms with van der Waals surface area (Å²) in [5, 5.41) is 10.0. The molecule has 1 nitrogen and oxygen atoms in total. The van der Waals surface area contributed by atoms with E-state index >= 15 is 0 Å². The van der Waals surface area contributed by atoms with Crippen LogP contribution in [0.4, 0.5) is 0 Å². The van der Waals surface area contributed by atoms with Gasteiger partial charge in [-0.15, -0.1) is 0 Å². The summed E-state index contributed by atoms with van der Waals surface area (Å²) >= 11 is 0. The lowest BCUT2D eigenvalue weighted by atomic mass is 9.85. The van der Waals surface area contributed by atoms with E-state index in [0.29, 0.717) is 0 Å². The van der Waals surface area contributed by atoms with Crippen molar-refractivity contribution in [1.29, 1.82) is 0 Å². The Bertz CT molecular complexity index is 149. The van der Waals surface area contributed by atoms with Gasteiger partial charge in [-0.1, -0.05) is 33.1 Å². The van der Waals surface area contributed by atoms with Crippen molar-refractivity contribution in [2.24, 2.45) is 11.8 Å². The maximum atomic E-state index is 10.0. The fourth-order valence-electron chi connectivity index (χ4n) is 2.63. The van der Waals surface area contributed by atoms with E-state index in [4.69, 9.17) is 0 Å². The fraction of sp³-hybridized carbons (Fsp3) is 1.00.